The summed E-state index contributed by atoms with van der Waals surface area (Å²) in [6, 6.07) is 15.5. The van der Waals surface area contributed by atoms with E-state index in [2.05, 4.69) is 36.1 Å². The SMILES string of the molecule is CN1C(=O)[C@@]2(S)C[C@]3([C@]45C[C@]6(S)C(=O)N(C)[C@](S)(CO)C(=O)N6[C@H]4Cc4ccccc45)c4ccccc4N[C@@H]3N2C[C@@]1(S)CO. The van der Waals surface area contributed by atoms with Crippen LogP contribution in [0.25, 0.3) is 0 Å². The lowest BCUT2D eigenvalue weighted by Crippen LogP contribution is -2.73. The highest BCUT2D eigenvalue weighted by molar-refractivity contribution is 7.83. The average molecular weight is 686 g/mol. The van der Waals surface area contributed by atoms with Gasteiger partial charge in [-0.15, -0.1) is 50.5 Å². The third-order valence-corrected chi connectivity index (χ3v) is 14.3. The van der Waals surface area contributed by atoms with Crippen LogP contribution in [0, 0.1) is 0 Å². The molecule has 238 valence electrons. The van der Waals surface area contributed by atoms with Crippen molar-refractivity contribution in [1.29, 1.82) is 0 Å². The van der Waals surface area contributed by atoms with Gasteiger partial charge in [0.25, 0.3) is 17.7 Å². The van der Waals surface area contributed by atoms with Gasteiger partial charge in [-0.3, -0.25) is 19.3 Å². The van der Waals surface area contributed by atoms with Crippen molar-refractivity contribution in [2.75, 3.05) is 39.2 Å². The van der Waals surface area contributed by atoms with Crippen LogP contribution in [-0.2, 0) is 31.6 Å². The first-order valence-electron chi connectivity index (χ1n) is 14.9. The number of amides is 3. The summed E-state index contributed by atoms with van der Waals surface area (Å²) in [6.07, 6.45) is 0.350. The molecule has 3 amide bonds. The number of para-hydroxylation sites is 1. The highest BCUT2D eigenvalue weighted by Gasteiger charge is 2.82. The normalized spacial score (nSPS) is 43.1. The molecule has 0 saturated carbocycles. The lowest BCUT2D eigenvalue weighted by molar-refractivity contribution is -0.166. The fourth-order valence-electron chi connectivity index (χ4n) is 9.79. The third-order valence-electron chi connectivity index (χ3n) is 11.9. The van der Waals surface area contributed by atoms with Crippen LogP contribution in [0.2, 0.25) is 0 Å². The predicted octanol–water partition coefficient (Wildman–Crippen LogP) is 0.910. The number of nitrogens with one attached hydrogen (secondary N) is 1. The maximum atomic E-state index is 14.5. The summed E-state index contributed by atoms with van der Waals surface area (Å²) >= 11 is 19.7. The number of rotatable bonds is 3. The number of piperazine rings is 2. The average Bonchev–Trinajstić information content (AvgIpc) is 3.70. The molecule has 45 heavy (non-hydrogen) atoms. The first-order valence-corrected chi connectivity index (χ1v) is 16.7. The Balaban J connectivity index is 1.44. The fourth-order valence-corrected chi connectivity index (χ4v) is 11.4. The molecule has 4 saturated heterocycles. The van der Waals surface area contributed by atoms with Crippen molar-refractivity contribution in [3.63, 3.8) is 0 Å². The Morgan fingerprint density at radius 1 is 0.800 bits per heavy atom. The van der Waals surface area contributed by atoms with Gasteiger partial charge in [0, 0.05) is 49.6 Å². The number of aliphatic hydroxyl groups is 2. The van der Waals surface area contributed by atoms with Gasteiger partial charge in [-0.25, -0.2) is 0 Å². The zero-order valence-corrected chi connectivity index (χ0v) is 28.3. The number of carbonyl (C=O) groups is 3. The highest BCUT2D eigenvalue weighted by atomic mass is 32.1. The van der Waals surface area contributed by atoms with E-state index >= 15 is 0 Å². The Morgan fingerprint density at radius 3 is 2.11 bits per heavy atom. The summed E-state index contributed by atoms with van der Waals surface area (Å²) in [5, 5.41) is 24.7. The summed E-state index contributed by atoms with van der Waals surface area (Å²) < 4.78 is 0. The van der Waals surface area contributed by atoms with Gasteiger partial charge >= 0.3 is 0 Å². The number of likely N-dealkylation sites (N-methyl/N-ethyl adjacent to an activating group) is 2. The minimum atomic E-state index is -1.76. The van der Waals surface area contributed by atoms with E-state index in [0.717, 1.165) is 22.4 Å². The molecule has 3 N–H and O–H groups in total. The molecule has 8 atom stereocenters. The molecule has 5 heterocycles. The molecule has 14 heteroatoms. The van der Waals surface area contributed by atoms with Crippen LogP contribution in [0.5, 0.6) is 0 Å². The number of benzene rings is 2. The van der Waals surface area contributed by atoms with E-state index in [4.69, 9.17) is 37.9 Å². The van der Waals surface area contributed by atoms with Crippen molar-refractivity contribution >= 4 is 73.9 Å². The number of anilines is 1. The predicted molar refractivity (Wildman–Crippen MR) is 181 cm³/mol. The lowest BCUT2D eigenvalue weighted by Gasteiger charge is -2.52. The van der Waals surface area contributed by atoms with E-state index in [1.807, 2.05) is 35.2 Å². The molecule has 4 fully saturated rings. The molecule has 2 aromatic carbocycles. The van der Waals surface area contributed by atoms with Crippen molar-refractivity contribution in [3.05, 3.63) is 65.2 Å². The van der Waals surface area contributed by atoms with Crippen molar-refractivity contribution in [2.45, 2.75) is 61.8 Å². The number of nitrogens with zero attached hydrogens (tertiary/aromatic N) is 4. The maximum Gasteiger partial charge on any atom is 0.263 e. The van der Waals surface area contributed by atoms with Crippen LogP contribution in [0.15, 0.2) is 48.5 Å². The smallest absolute Gasteiger partial charge is 0.263 e. The Hall–Kier alpha value is -2.07. The molecule has 8 rings (SSSR count). The van der Waals surface area contributed by atoms with Gasteiger partial charge in [0.05, 0.1) is 19.4 Å². The highest BCUT2D eigenvalue weighted by Crippen LogP contribution is 2.73. The van der Waals surface area contributed by atoms with Crippen molar-refractivity contribution in [2.24, 2.45) is 0 Å². The quantitative estimate of drug-likeness (QED) is 0.241. The van der Waals surface area contributed by atoms with Crippen molar-refractivity contribution in [1.82, 2.24) is 19.6 Å². The van der Waals surface area contributed by atoms with E-state index in [1.54, 1.807) is 11.9 Å². The molecule has 0 radical (unpaired) electrons. The van der Waals surface area contributed by atoms with Crippen LogP contribution >= 0.6 is 50.5 Å². The first kappa shape index (κ1) is 30.3. The van der Waals surface area contributed by atoms with Crippen molar-refractivity contribution < 1.29 is 24.6 Å². The molecular formula is C31H35N5O5S4. The van der Waals surface area contributed by atoms with Gasteiger partial charge in [0.1, 0.15) is 9.74 Å². The minimum absolute atomic E-state index is 0.162. The largest absolute Gasteiger partial charge is 0.393 e. The summed E-state index contributed by atoms with van der Waals surface area (Å²) in [6.45, 7) is -0.813. The van der Waals surface area contributed by atoms with E-state index in [-0.39, 0.29) is 31.9 Å². The van der Waals surface area contributed by atoms with Gasteiger partial charge in [-0.05, 0) is 35.6 Å². The molecule has 10 nitrogen and oxygen atoms in total. The van der Waals surface area contributed by atoms with E-state index in [0.29, 0.717) is 6.42 Å². The topological polar surface area (TPSA) is 117 Å². The molecule has 5 aliphatic heterocycles. The van der Waals surface area contributed by atoms with Crippen molar-refractivity contribution in [3.8, 4) is 0 Å². The van der Waals surface area contributed by atoms with E-state index in [9.17, 15) is 24.6 Å². The standard InChI is InChI=1S/C31H35N5O5S4/c1-33-23(39)29(43)13-28(19-9-5-6-10-20(19)32-22(28)35(29)14-26(33,42)15-37)27-12-30(44)24(40)34(2)31(45,16-38)25(41)36(30)21(27)11-17-7-3-4-8-18(17)27/h3-10,21-22,32,37-38,42-45H,11-16H2,1-2H3/t21-,22+,26+,27-,28-,29-,30-,31-/m0/s1. The van der Waals surface area contributed by atoms with Crippen LogP contribution in [0.3, 0.4) is 0 Å². The summed E-state index contributed by atoms with van der Waals surface area (Å²) in [7, 11) is 3.12. The Kier molecular flexibility index (Phi) is 6.11. The second-order valence-electron chi connectivity index (χ2n) is 13.5. The molecule has 0 spiro atoms. The van der Waals surface area contributed by atoms with E-state index < -0.39 is 60.9 Å². The second-order valence-corrected chi connectivity index (χ2v) is 16.6. The summed E-state index contributed by atoms with van der Waals surface area (Å²) in [5.74, 6) is -1.19. The van der Waals surface area contributed by atoms with Crippen LogP contribution in [0.4, 0.5) is 5.69 Å². The number of hydrogen-bond donors (Lipinski definition) is 7. The van der Waals surface area contributed by atoms with Gasteiger partial charge < -0.3 is 30.2 Å². The zero-order chi connectivity index (χ0) is 32.1. The summed E-state index contributed by atoms with van der Waals surface area (Å²) in [5.41, 5.74) is 2.06. The van der Waals surface area contributed by atoms with Crippen LogP contribution in [0.1, 0.15) is 29.5 Å². The number of fused-ring (bicyclic) bond motifs is 11. The fraction of sp³-hybridized carbons (Fsp3) is 0.516. The van der Waals surface area contributed by atoms with E-state index in [1.165, 1.54) is 16.8 Å². The Morgan fingerprint density at radius 2 is 1.42 bits per heavy atom. The number of hydrogen-bond acceptors (Lipinski definition) is 11. The number of carbonyl (C=O) groups excluding carboxylic acids is 3. The Labute approximate surface area is 283 Å². The second kappa shape index (κ2) is 9.09. The summed E-state index contributed by atoms with van der Waals surface area (Å²) in [4.78, 5) is 43.8. The number of aliphatic hydroxyl groups excluding tert-OH is 2. The maximum absolute atomic E-state index is 14.5. The lowest BCUT2D eigenvalue weighted by atomic mass is 9.53. The first-order chi connectivity index (χ1) is 21.2. The van der Waals surface area contributed by atoms with Gasteiger partial charge in [-0.1, -0.05) is 42.5 Å². The molecule has 1 aliphatic carbocycles. The zero-order valence-electron chi connectivity index (χ0n) is 24.7. The number of thiol groups is 4. The van der Waals surface area contributed by atoms with Gasteiger partial charge in [0.2, 0.25) is 0 Å². The molecule has 6 aliphatic rings. The molecule has 0 unspecified atom stereocenters. The van der Waals surface area contributed by atoms with Gasteiger partial charge in [0.15, 0.2) is 9.74 Å². The molecule has 2 aromatic rings. The monoisotopic (exact) mass is 685 g/mol. The minimum Gasteiger partial charge on any atom is -0.393 e. The Bertz CT molecular complexity index is 1720. The molecule has 0 aromatic heterocycles. The van der Waals surface area contributed by atoms with Gasteiger partial charge in [-0.2, -0.15) is 0 Å². The third kappa shape index (κ3) is 3.14. The molecular weight excluding hydrogens is 651 g/mol. The van der Waals surface area contributed by atoms with Crippen LogP contribution < -0.4 is 5.32 Å². The molecule has 0 bridgehead atoms. The van der Waals surface area contributed by atoms with Crippen LogP contribution in [-0.4, -0.2) is 113 Å².